The predicted octanol–water partition coefficient (Wildman–Crippen LogP) is 3.34. The SMILES string of the molecule is Cc1occc1C(=O)C1CCOc2ccccc21. The predicted molar refractivity (Wildman–Crippen MR) is 67.1 cm³/mol. The Morgan fingerprint density at radius 1 is 1.28 bits per heavy atom. The zero-order chi connectivity index (χ0) is 12.5. The minimum absolute atomic E-state index is 0.119. The number of rotatable bonds is 2. The Kier molecular flexibility index (Phi) is 2.67. The summed E-state index contributed by atoms with van der Waals surface area (Å²) in [7, 11) is 0. The maximum absolute atomic E-state index is 12.5. The van der Waals surface area contributed by atoms with Gasteiger partial charge in [0.25, 0.3) is 0 Å². The van der Waals surface area contributed by atoms with E-state index in [0.29, 0.717) is 17.9 Å². The highest BCUT2D eigenvalue weighted by molar-refractivity contribution is 6.02. The minimum Gasteiger partial charge on any atom is -0.493 e. The van der Waals surface area contributed by atoms with Crippen molar-refractivity contribution in [2.75, 3.05) is 6.61 Å². The van der Waals surface area contributed by atoms with Gasteiger partial charge in [0.1, 0.15) is 11.5 Å². The van der Waals surface area contributed by atoms with E-state index in [1.165, 1.54) is 0 Å². The maximum Gasteiger partial charge on any atom is 0.174 e. The Labute approximate surface area is 105 Å². The summed E-state index contributed by atoms with van der Waals surface area (Å²) < 4.78 is 10.8. The van der Waals surface area contributed by atoms with Crippen molar-refractivity contribution in [3.8, 4) is 5.75 Å². The molecule has 0 saturated heterocycles. The van der Waals surface area contributed by atoms with Crippen LogP contribution in [0.1, 0.15) is 34.0 Å². The first kappa shape index (κ1) is 11.1. The van der Waals surface area contributed by atoms with E-state index in [4.69, 9.17) is 9.15 Å². The average Bonchev–Trinajstić information content (AvgIpc) is 2.83. The van der Waals surface area contributed by atoms with Gasteiger partial charge in [-0.3, -0.25) is 4.79 Å². The number of ketones is 1. The fourth-order valence-corrected chi connectivity index (χ4v) is 2.44. The molecule has 0 bridgehead atoms. The quantitative estimate of drug-likeness (QED) is 0.758. The van der Waals surface area contributed by atoms with E-state index >= 15 is 0 Å². The second kappa shape index (κ2) is 4.33. The highest BCUT2D eigenvalue weighted by Crippen LogP contribution is 2.36. The molecular formula is C15H14O3. The fourth-order valence-electron chi connectivity index (χ4n) is 2.44. The van der Waals surface area contributed by atoms with Crippen LogP contribution in [0.5, 0.6) is 5.75 Å². The Morgan fingerprint density at radius 3 is 2.89 bits per heavy atom. The van der Waals surface area contributed by atoms with E-state index in [0.717, 1.165) is 17.7 Å². The van der Waals surface area contributed by atoms with Crippen molar-refractivity contribution in [1.29, 1.82) is 0 Å². The Hall–Kier alpha value is -2.03. The molecule has 2 aromatic rings. The van der Waals surface area contributed by atoms with Crippen LogP contribution >= 0.6 is 0 Å². The highest BCUT2D eigenvalue weighted by atomic mass is 16.5. The van der Waals surface area contributed by atoms with Crippen molar-refractivity contribution in [1.82, 2.24) is 0 Å². The number of furan rings is 1. The van der Waals surface area contributed by atoms with Crippen molar-refractivity contribution in [2.45, 2.75) is 19.3 Å². The third-order valence-electron chi connectivity index (χ3n) is 3.40. The van der Waals surface area contributed by atoms with Crippen molar-refractivity contribution in [3.63, 3.8) is 0 Å². The molecule has 3 heteroatoms. The molecule has 0 spiro atoms. The molecule has 0 radical (unpaired) electrons. The van der Waals surface area contributed by atoms with Gasteiger partial charge in [-0.2, -0.15) is 0 Å². The van der Waals surface area contributed by atoms with Gasteiger partial charge in [0.15, 0.2) is 5.78 Å². The fraction of sp³-hybridized carbons (Fsp3) is 0.267. The lowest BCUT2D eigenvalue weighted by Crippen LogP contribution is -2.21. The normalized spacial score (nSPS) is 17.9. The van der Waals surface area contributed by atoms with Crippen LogP contribution in [-0.2, 0) is 0 Å². The van der Waals surface area contributed by atoms with Gasteiger partial charge < -0.3 is 9.15 Å². The molecule has 1 atom stereocenters. The number of hydrogen-bond acceptors (Lipinski definition) is 3. The lowest BCUT2D eigenvalue weighted by molar-refractivity contribution is 0.0931. The average molecular weight is 242 g/mol. The summed E-state index contributed by atoms with van der Waals surface area (Å²) in [5, 5.41) is 0. The van der Waals surface area contributed by atoms with Gasteiger partial charge in [0, 0.05) is 5.56 Å². The van der Waals surface area contributed by atoms with Gasteiger partial charge in [-0.25, -0.2) is 0 Å². The van der Waals surface area contributed by atoms with Crippen molar-refractivity contribution in [2.24, 2.45) is 0 Å². The number of benzene rings is 1. The number of carbonyl (C=O) groups is 1. The van der Waals surface area contributed by atoms with E-state index in [1.54, 1.807) is 12.3 Å². The van der Waals surface area contributed by atoms with Crippen LogP contribution < -0.4 is 4.74 Å². The zero-order valence-corrected chi connectivity index (χ0v) is 10.2. The van der Waals surface area contributed by atoms with E-state index < -0.39 is 0 Å². The zero-order valence-electron chi connectivity index (χ0n) is 10.2. The lowest BCUT2D eigenvalue weighted by Gasteiger charge is -2.24. The van der Waals surface area contributed by atoms with Crippen molar-refractivity contribution >= 4 is 5.78 Å². The molecule has 1 aliphatic rings. The highest BCUT2D eigenvalue weighted by Gasteiger charge is 2.29. The van der Waals surface area contributed by atoms with Crippen LogP contribution in [0, 0.1) is 6.92 Å². The van der Waals surface area contributed by atoms with Crippen LogP contribution in [0.15, 0.2) is 41.0 Å². The van der Waals surface area contributed by atoms with Crippen LogP contribution in [0.4, 0.5) is 0 Å². The van der Waals surface area contributed by atoms with Gasteiger partial charge in [-0.15, -0.1) is 0 Å². The first-order valence-electron chi connectivity index (χ1n) is 6.07. The van der Waals surface area contributed by atoms with Crippen molar-refractivity contribution in [3.05, 3.63) is 53.5 Å². The lowest BCUT2D eigenvalue weighted by atomic mass is 9.86. The van der Waals surface area contributed by atoms with Gasteiger partial charge in [-0.05, 0) is 25.5 Å². The van der Waals surface area contributed by atoms with Gasteiger partial charge in [0.2, 0.25) is 0 Å². The first-order chi connectivity index (χ1) is 8.77. The molecule has 1 aliphatic heterocycles. The summed E-state index contributed by atoms with van der Waals surface area (Å²) in [5.74, 6) is 1.51. The molecule has 1 aromatic carbocycles. The topological polar surface area (TPSA) is 39.4 Å². The molecule has 0 aliphatic carbocycles. The van der Waals surface area contributed by atoms with Crippen LogP contribution in [0.3, 0.4) is 0 Å². The smallest absolute Gasteiger partial charge is 0.174 e. The Morgan fingerprint density at radius 2 is 2.11 bits per heavy atom. The van der Waals surface area contributed by atoms with E-state index in [-0.39, 0.29) is 11.7 Å². The molecule has 3 rings (SSSR count). The number of para-hydroxylation sites is 1. The summed E-state index contributed by atoms with van der Waals surface area (Å²) in [5.41, 5.74) is 1.66. The van der Waals surface area contributed by atoms with E-state index in [9.17, 15) is 4.79 Å². The number of fused-ring (bicyclic) bond motifs is 1. The largest absolute Gasteiger partial charge is 0.493 e. The number of aryl methyl sites for hydroxylation is 1. The first-order valence-corrected chi connectivity index (χ1v) is 6.07. The molecule has 1 aromatic heterocycles. The summed E-state index contributed by atoms with van der Waals surface area (Å²) in [4.78, 5) is 12.5. The summed E-state index contributed by atoms with van der Waals surface area (Å²) >= 11 is 0. The monoisotopic (exact) mass is 242 g/mol. The molecule has 0 fully saturated rings. The van der Waals surface area contributed by atoms with Crippen molar-refractivity contribution < 1.29 is 13.9 Å². The molecule has 0 amide bonds. The molecule has 2 heterocycles. The third kappa shape index (κ3) is 1.72. The minimum atomic E-state index is -0.119. The summed E-state index contributed by atoms with van der Waals surface area (Å²) in [6.45, 7) is 2.41. The molecule has 0 N–H and O–H groups in total. The summed E-state index contributed by atoms with van der Waals surface area (Å²) in [6.07, 6.45) is 2.29. The molecule has 1 unspecified atom stereocenters. The second-order valence-electron chi connectivity index (χ2n) is 4.48. The van der Waals surface area contributed by atoms with Crippen LogP contribution in [-0.4, -0.2) is 12.4 Å². The second-order valence-corrected chi connectivity index (χ2v) is 4.48. The number of carbonyl (C=O) groups excluding carboxylic acids is 1. The van der Waals surface area contributed by atoms with E-state index in [2.05, 4.69) is 0 Å². The maximum atomic E-state index is 12.5. The number of Topliss-reactive ketones (excluding diaryl/α,β-unsaturated/α-hetero) is 1. The Bertz CT molecular complexity index is 583. The van der Waals surface area contributed by atoms with Crippen LogP contribution in [0.2, 0.25) is 0 Å². The number of ether oxygens (including phenoxy) is 1. The van der Waals surface area contributed by atoms with E-state index in [1.807, 2.05) is 31.2 Å². The summed E-state index contributed by atoms with van der Waals surface area (Å²) in [6, 6.07) is 9.49. The third-order valence-corrected chi connectivity index (χ3v) is 3.40. The van der Waals surface area contributed by atoms with Crippen LogP contribution in [0.25, 0.3) is 0 Å². The number of hydrogen-bond donors (Lipinski definition) is 0. The van der Waals surface area contributed by atoms with Gasteiger partial charge in [-0.1, -0.05) is 18.2 Å². The molecular weight excluding hydrogens is 228 g/mol. The van der Waals surface area contributed by atoms with Gasteiger partial charge in [0.05, 0.1) is 24.4 Å². The standard InChI is InChI=1S/C15H14O3/c1-10-11(6-8-17-10)15(16)13-7-9-18-14-5-3-2-4-12(13)14/h2-6,8,13H,7,9H2,1H3. The molecule has 0 saturated carbocycles. The Balaban J connectivity index is 2.00. The molecule has 92 valence electrons. The van der Waals surface area contributed by atoms with Gasteiger partial charge >= 0.3 is 0 Å². The molecule has 3 nitrogen and oxygen atoms in total. The molecule has 18 heavy (non-hydrogen) atoms.